The van der Waals surface area contributed by atoms with Crippen molar-refractivity contribution in [2.75, 3.05) is 33.8 Å². The zero-order chi connectivity index (χ0) is 19.6. The van der Waals surface area contributed by atoms with E-state index in [1.807, 2.05) is 19.1 Å². The molecule has 0 atom stereocenters. The Morgan fingerprint density at radius 1 is 1.04 bits per heavy atom. The Morgan fingerprint density at radius 2 is 1.74 bits per heavy atom. The molecule has 4 nitrogen and oxygen atoms in total. The summed E-state index contributed by atoms with van der Waals surface area (Å²) in [5.41, 5.74) is 3.37. The van der Waals surface area contributed by atoms with E-state index in [2.05, 4.69) is 55.5 Å². The molecule has 2 aromatic carbocycles. The van der Waals surface area contributed by atoms with Crippen molar-refractivity contribution in [3.8, 4) is 11.5 Å². The number of ether oxygens (including phenoxy) is 2. The lowest BCUT2D eigenvalue weighted by molar-refractivity contribution is 0.269. The minimum absolute atomic E-state index is 0.485. The summed E-state index contributed by atoms with van der Waals surface area (Å²) in [6.07, 6.45) is 1.10. The third kappa shape index (κ3) is 7.41. The van der Waals surface area contributed by atoms with Gasteiger partial charge in [0.05, 0.1) is 6.61 Å². The highest BCUT2D eigenvalue weighted by molar-refractivity contribution is 6.31. The molecular formula is C22H31ClN2O2. The van der Waals surface area contributed by atoms with E-state index in [1.165, 1.54) is 5.56 Å². The topological polar surface area (TPSA) is 33.7 Å². The SMILES string of the molecule is CCOc1cc(CNCCCN(C)C)c(Cl)cc1OCc1ccc(C)cc1. The number of rotatable bonds is 11. The molecule has 2 aromatic rings. The quantitative estimate of drug-likeness (QED) is 0.565. The molecule has 0 unspecified atom stereocenters. The monoisotopic (exact) mass is 390 g/mol. The number of halogens is 1. The van der Waals surface area contributed by atoms with E-state index in [0.717, 1.165) is 36.4 Å². The van der Waals surface area contributed by atoms with E-state index in [-0.39, 0.29) is 0 Å². The van der Waals surface area contributed by atoms with Crippen molar-refractivity contribution < 1.29 is 9.47 Å². The molecule has 0 fully saturated rings. The number of benzene rings is 2. The Labute approximate surface area is 168 Å². The number of nitrogens with zero attached hydrogens (tertiary/aromatic N) is 1. The molecule has 0 saturated carbocycles. The first-order valence-electron chi connectivity index (χ1n) is 9.48. The van der Waals surface area contributed by atoms with Gasteiger partial charge in [-0.25, -0.2) is 0 Å². The van der Waals surface area contributed by atoms with Gasteiger partial charge < -0.3 is 19.7 Å². The van der Waals surface area contributed by atoms with Crippen LogP contribution in [0.2, 0.25) is 5.02 Å². The second-order valence-corrected chi connectivity index (χ2v) is 7.34. The first-order valence-corrected chi connectivity index (χ1v) is 9.86. The van der Waals surface area contributed by atoms with E-state index in [4.69, 9.17) is 21.1 Å². The van der Waals surface area contributed by atoms with Crippen LogP contribution in [0.1, 0.15) is 30.0 Å². The maximum Gasteiger partial charge on any atom is 0.163 e. The highest BCUT2D eigenvalue weighted by atomic mass is 35.5. The van der Waals surface area contributed by atoms with Crippen LogP contribution in [0.25, 0.3) is 0 Å². The molecular weight excluding hydrogens is 360 g/mol. The summed E-state index contributed by atoms with van der Waals surface area (Å²) in [5.74, 6) is 1.41. The van der Waals surface area contributed by atoms with Crippen molar-refractivity contribution in [1.82, 2.24) is 10.2 Å². The molecule has 27 heavy (non-hydrogen) atoms. The van der Waals surface area contributed by atoms with Gasteiger partial charge in [-0.2, -0.15) is 0 Å². The van der Waals surface area contributed by atoms with Crippen molar-refractivity contribution >= 4 is 11.6 Å². The minimum atomic E-state index is 0.485. The molecule has 2 rings (SSSR count). The lowest BCUT2D eigenvalue weighted by Crippen LogP contribution is -2.21. The summed E-state index contributed by atoms with van der Waals surface area (Å²) >= 11 is 6.48. The number of nitrogens with one attached hydrogen (secondary N) is 1. The molecule has 0 spiro atoms. The Kier molecular flexibility index (Phi) is 8.92. The highest BCUT2D eigenvalue weighted by Gasteiger charge is 2.11. The van der Waals surface area contributed by atoms with Crippen LogP contribution < -0.4 is 14.8 Å². The van der Waals surface area contributed by atoms with Gasteiger partial charge in [-0.15, -0.1) is 0 Å². The zero-order valence-corrected chi connectivity index (χ0v) is 17.6. The van der Waals surface area contributed by atoms with Crippen LogP contribution in [0.4, 0.5) is 0 Å². The average molecular weight is 391 g/mol. The standard InChI is InChI=1S/C22H31ClN2O2/c1-5-26-21-13-19(15-24-11-6-12-25(3)4)20(23)14-22(21)27-16-18-9-7-17(2)8-10-18/h7-10,13-14,24H,5-6,11-12,15-16H2,1-4H3. The first kappa shape index (κ1) is 21.5. The summed E-state index contributed by atoms with van der Waals surface area (Å²) < 4.78 is 11.8. The number of aryl methyl sites for hydroxylation is 1. The smallest absolute Gasteiger partial charge is 0.163 e. The number of hydrogen-bond donors (Lipinski definition) is 1. The fraction of sp³-hybridized carbons (Fsp3) is 0.455. The molecule has 0 aliphatic carbocycles. The first-order chi connectivity index (χ1) is 13.0. The molecule has 148 valence electrons. The molecule has 0 heterocycles. The Hall–Kier alpha value is -1.75. The van der Waals surface area contributed by atoms with Crippen LogP contribution in [-0.2, 0) is 13.2 Å². The maximum atomic E-state index is 6.48. The normalized spacial score (nSPS) is 11.0. The van der Waals surface area contributed by atoms with E-state index in [1.54, 1.807) is 0 Å². The summed E-state index contributed by atoms with van der Waals surface area (Å²) in [7, 11) is 4.17. The largest absolute Gasteiger partial charge is 0.490 e. The Bertz CT molecular complexity index is 702. The molecule has 0 saturated heterocycles. The van der Waals surface area contributed by atoms with Crippen LogP contribution in [0.3, 0.4) is 0 Å². The lowest BCUT2D eigenvalue weighted by Gasteiger charge is -2.16. The Morgan fingerprint density at radius 3 is 2.41 bits per heavy atom. The van der Waals surface area contributed by atoms with Gasteiger partial charge in [0.25, 0.3) is 0 Å². The van der Waals surface area contributed by atoms with E-state index in [0.29, 0.717) is 30.5 Å². The van der Waals surface area contributed by atoms with Crippen LogP contribution in [-0.4, -0.2) is 38.7 Å². The molecule has 0 aliphatic rings. The molecule has 0 aromatic heterocycles. The number of hydrogen-bond acceptors (Lipinski definition) is 4. The van der Waals surface area contributed by atoms with Crippen molar-refractivity contribution in [2.24, 2.45) is 0 Å². The van der Waals surface area contributed by atoms with Crippen LogP contribution in [0.5, 0.6) is 11.5 Å². The van der Waals surface area contributed by atoms with E-state index < -0.39 is 0 Å². The van der Waals surface area contributed by atoms with Gasteiger partial charge in [0.1, 0.15) is 6.61 Å². The minimum Gasteiger partial charge on any atom is -0.490 e. The van der Waals surface area contributed by atoms with Crippen molar-refractivity contribution in [3.05, 3.63) is 58.1 Å². The summed E-state index contributed by atoms with van der Waals surface area (Å²) in [5, 5.41) is 4.13. The van der Waals surface area contributed by atoms with Crippen LogP contribution in [0.15, 0.2) is 36.4 Å². The predicted octanol–water partition coefficient (Wildman–Crippen LogP) is 4.67. The second kappa shape index (κ2) is 11.2. The molecule has 5 heteroatoms. The third-order valence-electron chi connectivity index (χ3n) is 4.20. The van der Waals surface area contributed by atoms with Crippen molar-refractivity contribution in [1.29, 1.82) is 0 Å². The molecule has 1 N–H and O–H groups in total. The van der Waals surface area contributed by atoms with Gasteiger partial charge in [0.15, 0.2) is 11.5 Å². The Balaban J connectivity index is 2.00. The van der Waals surface area contributed by atoms with Gasteiger partial charge >= 0.3 is 0 Å². The summed E-state index contributed by atoms with van der Waals surface area (Å²) in [6, 6.07) is 12.2. The maximum absolute atomic E-state index is 6.48. The van der Waals surface area contributed by atoms with Crippen LogP contribution >= 0.6 is 11.6 Å². The summed E-state index contributed by atoms with van der Waals surface area (Å²) in [4.78, 5) is 2.18. The van der Waals surface area contributed by atoms with Gasteiger partial charge in [-0.1, -0.05) is 41.4 Å². The fourth-order valence-electron chi connectivity index (χ4n) is 2.68. The zero-order valence-electron chi connectivity index (χ0n) is 16.8. The van der Waals surface area contributed by atoms with Gasteiger partial charge in [-0.3, -0.25) is 0 Å². The average Bonchev–Trinajstić information content (AvgIpc) is 2.63. The lowest BCUT2D eigenvalue weighted by atomic mass is 10.1. The second-order valence-electron chi connectivity index (χ2n) is 6.93. The third-order valence-corrected chi connectivity index (χ3v) is 4.55. The van der Waals surface area contributed by atoms with Crippen LogP contribution in [0, 0.1) is 6.92 Å². The molecule has 0 amide bonds. The highest BCUT2D eigenvalue weighted by Crippen LogP contribution is 2.34. The van der Waals surface area contributed by atoms with Gasteiger partial charge in [-0.05, 0) is 64.6 Å². The van der Waals surface area contributed by atoms with E-state index >= 15 is 0 Å². The van der Waals surface area contributed by atoms with E-state index in [9.17, 15) is 0 Å². The van der Waals surface area contributed by atoms with Gasteiger partial charge in [0.2, 0.25) is 0 Å². The van der Waals surface area contributed by atoms with Crippen molar-refractivity contribution in [3.63, 3.8) is 0 Å². The van der Waals surface area contributed by atoms with Gasteiger partial charge in [0, 0.05) is 17.6 Å². The fourth-order valence-corrected chi connectivity index (χ4v) is 2.90. The summed E-state index contributed by atoms with van der Waals surface area (Å²) in [6.45, 7) is 7.84. The van der Waals surface area contributed by atoms with Crippen molar-refractivity contribution in [2.45, 2.75) is 33.4 Å². The molecule has 0 radical (unpaired) electrons. The molecule has 0 aliphatic heterocycles. The predicted molar refractivity (Wildman–Crippen MR) is 113 cm³/mol. The molecule has 0 bridgehead atoms.